The van der Waals surface area contributed by atoms with E-state index in [-0.39, 0.29) is 0 Å². The van der Waals surface area contributed by atoms with Gasteiger partial charge in [-0.05, 0) is 122 Å². The SMILES string of the molecule is c1cc(-c2ccc3ccccc3c2)cc(N(c2ccc(-c3ccc4sc5ccccc5c4c3)cc2)c2cccc(-c3cccc4oc5c6ccccc6ccc5c34)c2)c1. The molecule has 2 heterocycles. The van der Waals surface area contributed by atoms with Crippen molar-refractivity contribution >= 4 is 92.1 Å². The normalized spacial score (nSPS) is 11.7. The third-order valence-electron chi connectivity index (χ3n) is 11.8. The van der Waals surface area contributed by atoms with E-state index in [1.165, 1.54) is 58.6 Å². The molecule has 12 rings (SSSR count). The lowest BCUT2D eigenvalue weighted by Gasteiger charge is -2.27. The van der Waals surface area contributed by atoms with Crippen LogP contribution in [0.4, 0.5) is 17.1 Å². The minimum Gasteiger partial charge on any atom is -0.455 e. The number of thiophene rings is 1. The van der Waals surface area contributed by atoms with Gasteiger partial charge in [0.2, 0.25) is 0 Å². The number of furan rings is 1. The Morgan fingerprint density at radius 1 is 0.339 bits per heavy atom. The molecule has 0 aliphatic carbocycles. The van der Waals surface area contributed by atoms with Crippen LogP contribution in [0.15, 0.2) is 217 Å². The summed E-state index contributed by atoms with van der Waals surface area (Å²) in [6.45, 7) is 0. The summed E-state index contributed by atoms with van der Waals surface area (Å²) >= 11 is 1.86. The van der Waals surface area contributed by atoms with Crippen molar-refractivity contribution in [1.29, 1.82) is 0 Å². The second-order valence-corrected chi connectivity index (χ2v) is 16.4. The summed E-state index contributed by atoms with van der Waals surface area (Å²) in [5, 5.41) is 9.67. The van der Waals surface area contributed by atoms with Crippen LogP contribution in [-0.4, -0.2) is 0 Å². The number of rotatable bonds is 6. The van der Waals surface area contributed by atoms with Crippen molar-refractivity contribution in [2.45, 2.75) is 0 Å². The molecule has 3 heteroatoms. The van der Waals surface area contributed by atoms with E-state index in [1.807, 2.05) is 11.3 Å². The lowest BCUT2D eigenvalue weighted by Crippen LogP contribution is -2.10. The van der Waals surface area contributed by atoms with E-state index in [1.54, 1.807) is 0 Å². The standard InChI is InChI=1S/C56H35NOS/c1-2-12-39-32-41(23-22-36(39)10-1)40-13-7-15-45(33-40)57(44-28-24-37(25-29-44)42-27-31-54-51(35-42)49-18-5-6-21-53(49)59-54)46-16-8-14-43(34-46)47-19-9-20-52-55(47)50-30-26-38-11-3-4-17-48(38)56(50)58-52/h1-35H. The zero-order valence-electron chi connectivity index (χ0n) is 32.0. The molecule has 2 nitrogen and oxygen atoms in total. The molecular formula is C56H35NOS. The van der Waals surface area contributed by atoms with Gasteiger partial charge in [0.15, 0.2) is 0 Å². The summed E-state index contributed by atoms with van der Waals surface area (Å²) in [6.07, 6.45) is 0. The van der Waals surface area contributed by atoms with E-state index in [0.29, 0.717) is 0 Å². The van der Waals surface area contributed by atoms with E-state index in [0.717, 1.165) is 55.5 Å². The lowest BCUT2D eigenvalue weighted by atomic mass is 9.97. The van der Waals surface area contributed by atoms with E-state index >= 15 is 0 Å². The molecule has 0 saturated carbocycles. The first-order valence-corrected chi connectivity index (χ1v) is 20.9. The molecule has 0 radical (unpaired) electrons. The number of benzene rings is 10. The van der Waals surface area contributed by atoms with Gasteiger partial charge in [0.1, 0.15) is 11.2 Å². The fourth-order valence-corrected chi connectivity index (χ4v) is 10.0. The maximum atomic E-state index is 6.60. The van der Waals surface area contributed by atoms with Crippen molar-refractivity contribution < 1.29 is 4.42 Å². The summed E-state index contributed by atoms with van der Waals surface area (Å²) in [6, 6.07) is 77.1. The lowest BCUT2D eigenvalue weighted by molar-refractivity contribution is 0.673. The number of fused-ring (bicyclic) bond motifs is 9. The summed E-state index contributed by atoms with van der Waals surface area (Å²) in [5.41, 5.74) is 12.1. The van der Waals surface area contributed by atoms with Gasteiger partial charge in [-0.15, -0.1) is 11.3 Å². The molecule has 0 unspecified atom stereocenters. The Labute approximate surface area is 345 Å². The number of nitrogens with zero attached hydrogens (tertiary/aromatic N) is 1. The van der Waals surface area contributed by atoms with Crippen LogP contribution >= 0.6 is 11.3 Å². The first kappa shape index (κ1) is 33.7. The van der Waals surface area contributed by atoms with Crippen molar-refractivity contribution in [3.63, 3.8) is 0 Å². The van der Waals surface area contributed by atoms with Gasteiger partial charge >= 0.3 is 0 Å². The van der Waals surface area contributed by atoms with Crippen molar-refractivity contribution in [3.8, 4) is 33.4 Å². The molecular weight excluding hydrogens is 735 g/mol. The Balaban J connectivity index is 0.999. The number of anilines is 3. The molecule has 276 valence electrons. The highest BCUT2D eigenvalue weighted by Gasteiger charge is 2.18. The monoisotopic (exact) mass is 769 g/mol. The summed E-state index contributed by atoms with van der Waals surface area (Å²) in [5.74, 6) is 0. The summed E-state index contributed by atoms with van der Waals surface area (Å²) in [7, 11) is 0. The fraction of sp³-hybridized carbons (Fsp3) is 0. The highest BCUT2D eigenvalue weighted by atomic mass is 32.1. The Hall–Kier alpha value is -7.46. The maximum Gasteiger partial charge on any atom is 0.143 e. The molecule has 59 heavy (non-hydrogen) atoms. The van der Waals surface area contributed by atoms with Gasteiger partial charge in [-0.3, -0.25) is 0 Å². The summed E-state index contributed by atoms with van der Waals surface area (Å²) in [4.78, 5) is 2.38. The van der Waals surface area contributed by atoms with Crippen LogP contribution in [-0.2, 0) is 0 Å². The highest BCUT2D eigenvalue weighted by molar-refractivity contribution is 7.25. The molecule has 0 saturated heterocycles. The predicted molar refractivity (Wildman–Crippen MR) is 253 cm³/mol. The van der Waals surface area contributed by atoms with Crippen molar-refractivity contribution in [2.24, 2.45) is 0 Å². The van der Waals surface area contributed by atoms with E-state index in [9.17, 15) is 0 Å². The van der Waals surface area contributed by atoms with Crippen LogP contribution in [0.25, 0.3) is 97.0 Å². The Morgan fingerprint density at radius 3 is 1.83 bits per heavy atom. The van der Waals surface area contributed by atoms with E-state index < -0.39 is 0 Å². The molecule has 0 aliphatic heterocycles. The molecule has 0 bridgehead atoms. The molecule has 0 amide bonds. The van der Waals surface area contributed by atoms with E-state index in [4.69, 9.17) is 4.42 Å². The zero-order valence-corrected chi connectivity index (χ0v) is 32.8. The minimum atomic E-state index is 0.892. The van der Waals surface area contributed by atoms with Gasteiger partial charge in [-0.1, -0.05) is 140 Å². The number of hydrogen-bond acceptors (Lipinski definition) is 3. The van der Waals surface area contributed by atoms with Gasteiger partial charge in [0.25, 0.3) is 0 Å². The zero-order chi connectivity index (χ0) is 38.9. The minimum absolute atomic E-state index is 0.892. The van der Waals surface area contributed by atoms with Gasteiger partial charge in [0, 0.05) is 53.4 Å². The second-order valence-electron chi connectivity index (χ2n) is 15.3. The molecule has 0 fully saturated rings. The van der Waals surface area contributed by atoms with Crippen LogP contribution in [0.5, 0.6) is 0 Å². The smallest absolute Gasteiger partial charge is 0.143 e. The quantitative estimate of drug-likeness (QED) is 0.167. The van der Waals surface area contributed by atoms with Crippen molar-refractivity contribution in [3.05, 3.63) is 212 Å². The average molecular weight is 770 g/mol. The first-order chi connectivity index (χ1) is 29.2. The molecule has 12 aromatic rings. The Kier molecular flexibility index (Phi) is 7.75. The van der Waals surface area contributed by atoms with Crippen LogP contribution < -0.4 is 4.90 Å². The average Bonchev–Trinajstić information content (AvgIpc) is 3.88. The maximum absolute atomic E-state index is 6.60. The molecule has 0 aliphatic rings. The third kappa shape index (κ3) is 5.70. The Morgan fingerprint density at radius 2 is 0.966 bits per heavy atom. The van der Waals surface area contributed by atoms with Crippen LogP contribution in [0.1, 0.15) is 0 Å². The van der Waals surface area contributed by atoms with Crippen LogP contribution in [0.3, 0.4) is 0 Å². The largest absolute Gasteiger partial charge is 0.455 e. The van der Waals surface area contributed by atoms with Crippen molar-refractivity contribution in [1.82, 2.24) is 0 Å². The first-order valence-electron chi connectivity index (χ1n) is 20.1. The summed E-state index contributed by atoms with van der Waals surface area (Å²) < 4.78 is 9.24. The molecule has 0 spiro atoms. The second kappa shape index (κ2) is 13.6. The molecule has 2 aromatic heterocycles. The predicted octanol–water partition coefficient (Wildman–Crippen LogP) is 16.7. The number of hydrogen-bond donors (Lipinski definition) is 0. The third-order valence-corrected chi connectivity index (χ3v) is 13.0. The van der Waals surface area contributed by atoms with Gasteiger partial charge < -0.3 is 9.32 Å². The fourth-order valence-electron chi connectivity index (χ4n) is 8.96. The molecule has 0 N–H and O–H groups in total. The van der Waals surface area contributed by atoms with Crippen molar-refractivity contribution in [2.75, 3.05) is 4.90 Å². The molecule has 0 atom stereocenters. The van der Waals surface area contributed by atoms with Crippen LogP contribution in [0.2, 0.25) is 0 Å². The molecule has 10 aromatic carbocycles. The van der Waals surface area contributed by atoms with Gasteiger partial charge in [-0.25, -0.2) is 0 Å². The highest BCUT2D eigenvalue weighted by Crippen LogP contribution is 2.43. The van der Waals surface area contributed by atoms with Gasteiger partial charge in [0.05, 0.1) is 0 Å². The van der Waals surface area contributed by atoms with Gasteiger partial charge in [-0.2, -0.15) is 0 Å². The topological polar surface area (TPSA) is 16.4 Å². The van der Waals surface area contributed by atoms with Crippen LogP contribution in [0, 0.1) is 0 Å². The Bertz CT molecular complexity index is 3570. The van der Waals surface area contributed by atoms with E-state index in [2.05, 4.69) is 217 Å².